The van der Waals surface area contributed by atoms with E-state index >= 15 is 0 Å². The summed E-state index contributed by atoms with van der Waals surface area (Å²) in [6.45, 7) is 5.26. The molecule has 0 aliphatic heterocycles. The minimum Gasteiger partial charge on any atom is -0.389 e. The van der Waals surface area contributed by atoms with Crippen LogP contribution in [0, 0.1) is 17.2 Å². The van der Waals surface area contributed by atoms with Crippen LogP contribution in [-0.2, 0) is 4.79 Å². The number of rotatable bonds is 9. The van der Waals surface area contributed by atoms with Gasteiger partial charge in [-0.3, -0.25) is 9.69 Å². The fraction of sp³-hybridized carbons (Fsp3) is 0.462. The van der Waals surface area contributed by atoms with Crippen molar-refractivity contribution in [2.24, 2.45) is 11.7 Å². The number of nitrogens with two attached hydrogens (primary N) is 1. The molecule has 3 atom stereocenters. The smallest absolute Gasteiger partial charge is 0.389 e. The molecule has 2 aromatic carbocycles. The van der Waals surface area contributed by atoms with E-state index < -0.39 is 35.8 Å². The Labute approximate surface area is 198 Å². The van der Waals surface area contributed by atoms with Crippen molar-refractivity contribution in [2.75, 3.05) is 0 Å². The molecule has 1 saturated carbocycles. The number of hydrogen-bond acceptors (Lipinski definition) is 4. The molecular weight excluding hydrogens is 443 g/mol. The van der Waals surface area contributed by atoms with E-state index in [9.17, 15) is 28.3 Å². The highest BCUT2D eigenvalue weighted by molar-refractivity contribution is 5.80. The summed E-state index contributed by atoms with van der Waals surface area (Å²) in [4.78, 5) is 13.3. The fourth-order valence-electron chi connectivity index (χ4n) is 4.40. The lowest BCUT2D eigenvalue weighted by Crippen LogP contribution is -2.56. The molecule has 182 valence electrons. The number of carbonyl (C=O) groups excluding carboxylic acids is 1. The summed E-state index contributed by atoms with van der Waals surface area (Å²) in [5, 5.41) is 19.5. The minimum atomic E-state index is -4.72. The van der Waals surface area contributed by atoms with Crippen molar-refractivity contribution in [3.8, 4) is 17.2 Å². The topological polar surface area (TPSA) is 90.3 Å². The first-order chi connectivity index (χ1) is 15.9. The average Bonchev–Trinajstić information content (AvgIpc) is 3.56. The standard InChI is InChI=1S/C26H30F3N3O2/c1-16(2)14-22(24(31)34)32(25(15-30)12-13-25)23(26(27,28)29)21-10-8-20(9-11-21)19-6-4-18(5-7-19)17(3)33/h4-11,16-17,22-23,33H,12-14H2,1-3H3,(H2,31,34)/t17?,22-,23-/m0/s1. The summed E-state index contributed by atoms with van der Waals surface area (Å²) in [6.07, 6.45) is -4.71. The van der Waals surface area contributed by atoms with Crippen LogP contribution in [0.4, 0.5) is 13.2 Å². The number of aliphatic hydroxyl groups is 1. The van der Waals surface area contributed by atoms with Gasteiger partial charge in [0.05, 0.1) is 18.2 Å². The first-order valence-corrected chi connectivity index (χ1v) is 11.3. The van der Waals surface area contributed by atoms with Crippen molar-refractivity contribution >= 4 is 5.91 Å². The third-order valence-electron chi connectivity index (χ3n) is 6.33. The van der Waals surface area contributed by atoms with Gasteiger partial charge in [-0.1, -0.05) is 62.4 Å². The number of alkyl halides is 3. The van der Waals surface area contributed by atoms with Crippen LogP contribution in [-0.4, -0.2) is 33.7 Å². The van der Waals surface area contributed by atoms with Crippen LogP contribution >= 0.6 is 0 Å². The molecule has 5 nitrogen and oxygen atoms in total. The van der Waals surface area contributed by atoms with Gasteiger partial charge >= 0.3 is 6.18 Å². The Morgan fingerprint density at radius 2 is 1.53 bits per heavy atom. The predicted octanol–water partition coefficient (Wildman–Crippen LogP) is 5.27. The van der Waals surface area contributed by atoms with E-state index in [1.807, 2.05) is 6.07 Å². The highest BCUT2D eigenvalue weighted by Gasteiger charge is 2.60. The minimum absolute atomic E-state index is 0.0478. The predicted molar refractivity (Wildman–Crippen MR) is 123 cm³/mol. The molecule has 2 aromatic rings. The summed E-state index contributed by atoms with van der Waals surface area (Å²) in [5.74, 6) is -0.949. The average molecular weight is 474 g/mol. The lowest BCUT2D eigenvalue weighted by Gasteiger charge is -2.41. The molecule has 0 heterocycles. The number of nitrogens with zero attached hydrogens (tertiary/aromatic N) is 2. The molecule has 0 spiro atoms. The summed E-state index contributed by atoms with van der Waals surface area (Å²) < 4.78 is 43.6. The molecule has 34 heavy (non-hydrogen) atoms. The molecule has 1 fully saturated rings. The first-order valence-electron chi connectivity index (χ1n) is 11.3. The van der Waals surface area contributed by atoms with Crippen LogP contribution in [0.3, 0.4) is 0 Å². The van der Waals surface area contributed by atoms with Gasteiger partial charge in [0.25, 0.3) is 0 Å². The maximum atomic E-state index is 14.5. The van der Waals surface area contributed by atoms with Gasteiger partial charge in [0, 0.05) is 0 Å². The van der Waals surface area contributed by atoms with Crippen molar-refractivity contribution in [3.05, 3.63) is 59.7 Å². The summed E-state index contributed by atoms with van der Waals surface area (Å²) >= 11 is 0. The Kier molecular flexibility index (Phi) is 7.39. The van der Waals surface area contributed by atoms with Crippen LogP contribution in [0.1, 0.15) is 63.3 Å². The number of benzene rings is 2. The molecule has 3 rings (SSSR count). The van der Waals surface area contributed by atoms with Crippen molar-refractivity contribution < 1.29 is 23.1 Å². The van der Waals surface area contributed by atoms with Crippen LogP contribution in [0.25, 0.3) is 11.1 Å². The SMILES string of the molecule is CC(C)C[C@@H](C(N)=O)N([C@@H](c1ccc(-c2ccc(C(C)O)cc2)cc1)C(F)(F)F)C1(C#N)CC1. The van der Waals surface area contributed by atoms with Gasteiger partial charge < -0.3 is 10.8 Å². The highest BCUT2D eigenvalue weighted by Crippen LogP contribution is 2.52. The first kappa shape index (κ1) is 25.7. The van der Waals surface area contributed by atoms with Crippen LogP contribution < -0.4 is 5.73 Å². The van der Waals surface area contributed by atoms with Crippen LogP contribution in [0.2, 0.25) is 0 Å². The summed E-state index contributed by atoms with van der Waals surface area (Å²) in [6, 6.07) is 11.8. The van der Waals surface area contributed by atoms with Crippen LogP contribution in [0.15, 0.2) is 48.5 Å². The number of nitriles is 1. The zero-order valence-corrected chi connectivity index (χ0v) is 19.5. The molecule has 0 aromatic heterocycles. The third kappa shape index (κ3) is 5.43. The van der Waals surface area contributed by atoms with E-state index in [1.165, 1.54) is 12.1 Å². The maximum Gasteiger partial charge on any atom is 0.408 e. The van der Waals surface area contributed by atoms with E-state index in [1.54, 1.807) is 57.2 Å². The largest absolute Gasteiger partial charge is 0.408 e. The van der Waals surface area contributed by atoms with E-state index in [2.05, 4.69) is 0 Å². The van der Waals surface area contributed by atoms with Gasteiger partial charge in [-0.25, -0.2) is 0 Å². The van der Waals surface area contributed by atoms with Gasteiger partial charge in [0.15, 0.2) is 0 Å². The second-order valence-electron chi connectivity index (χ2n) is 9.46. The van der Waals surface area contributed by atoms with E-state index in [4.69, 9.17) is 5.73 Å². The van der Waals surface area contributed by atoms with Crippen LogP contribution in [0.5, 0.6) is 0 Å². The van der Waals surface area contributed by atoms with Crippen molar-refractivity contribution in [3.63, 3.8) is 0 Å². The molecule has 3 N–H and O–H groups in total. The number of aliphatic hydroxyl groups excluding tert-OH is 1. The number of amides is 1. The Morgan fingerprint density at radius 3 is 1.85 bits per heavy atom. The zero-order chi connectivity index (χ0) is 25.3. The monoisotopic (exact) mass is 473 g/mol. The van der Waals surface area contributed by atoms with Gasteiger partial charge in [-0.2, -0.15) is 18.4 Å². The second-order valence-corrected chi connectivity index (χ2v) is 9.46. The molecule has 1 amide bonds. The van der Waals surface area contributed by atoms with E-state index in [0.29, 0.717) is 5.56 Å². The Morgan fingerprint density at radius 1 is 1.06 bits per heavy atom. The molecule has 0 saturated heterocycles. The number of primary amides is 1. The van der Waals surface area contributed by atoms with Crippen molar-refractivity contribution in [1.82, 2.24) is 4.90 Å². The van der Waals surface area contributed by atoms with Crippen molar-refractivity contribution in [1.29, 1.82) is 5.26 Å². The van der Waals surface area contributed by atoms with Gasteiger partial charge in [0.1, 0.15) is 11.6 Å². The molecular formula is C26H30F3N3O2. The lowest BCUT2D eigenvalue weighted by molar-refractivity contribution is -0.200. The Hall–Kier alpha value is -2.89. The number of halogens is 3. The van der Waals surface area contributed by atoms with E-state index in [-0.39, 0.29) is 30.7 Å². The van der Waals surface area contributed by atoms with Gasteiger partial charge in [-0.05, 0) is 54.4 Å². The quantitative estimate of drug-likeness (QED) is 0.519. The second kappa shape index (κ2) is 9.77. The van der Waals surface area contributed by atoms with Crippen molar-refractivity contribution in [2.45, 2.75) is 69.9 Å². The normalized spacial score (nSPS) is 17.8. The molecule has 1 aliphatic carbocycles. The lowest BCUT2D eigenvalue weighted by atomic mass is 9.93. The fourth-order valence-corrected chi connectivity index (χ4v) is 4.40. The maximum absolute atomic E-state index is 14.5. The van der Waals surface area contributed by atoms with E-state index in [0.717, 1.165) is 16.0 Å². The van der Waals surface area contributed by atoms with Gasteiger partial charge in [0.2, 0.25) is 5.91 Å². The van der Waals surface area contributed by atoms with Gasteiger partial charge in [-0.15, -0.1) is 0 Å². The molecule has 1 unspecified atom stereocenters. The highest BCUT2D eigenvalue weighted by atomic mass is 19.4. The number of hydrogen-bond donors (Lipinski definition) is 2. The zero-order valence-electron chi connectivity index (χ0n) is 19.5. The Balaban J connectivity index is 2.04. The number of carbonyl (C=O) groups is 1. The summed E-state index contributed by atoms with van der Waals surface area (Å²) in [7, 11) is 0. The molecule has 0 radical (unpaired) electrons. The molecule has 1 aliphatic rings. The molecule has 8 heteroatoms. The third-order valence-corrected chi connectivity index (χ3v) is 6.33. The summed E-state index contributed by atoms with van der Waals surface area (Å²) in [5.41, 5.74) is 6.41. The Bertz CT molecular complexity index is 1040. The molecule has 0 bridgehead atoms.